The predicted octanol–water partition coefficient (Wildman–Crippen LogP) is 2.56. The second kappa shape index (κ2) is 9.11. The molecule has 3 aliphatic heterocycles. The third kappa shape index (κ3) is 4.17. The number of fused-ring (bicyclic) bond motifs is 3. The summed E-state index contributed by atoms with van der Waals surface area (Å²) >= 11 is 0. The third-order valence-corrected chi connectivity index (χ3v) is 7.78. The second-order valence-corrected chi connectivity index (χ2v) is 10.1. The molecule has 0 radical (unpaired) electrons. The average molecular weight is 497 g/mol. The highest BCUT2D eigenvalue weighted by Crippen LogP contribution is 2.34. The molecule has 0 N–H and O–H groups in total. The molecule has 2 bridgehead atoms. The monoisotopic (exact) mass is 496 g/mol. The molecule has 1 amide bonds. The van der Waals surface area contributed by atoms with Gasteiger partial charge in [0, 0.05) is 68.2 Å². The first kappa shape index (κ1) is 22.2. The lowest BCUT2D eigenvalue weighted by molar-refractivity contribution is -0.133. The summed E-state index contributed by atoms with van der Waals surface area (Å²) in [5, 5.41) is 8.65. The number of nitrogens with zero attached hydrogens (tertiary/aromatic N) is 8. The van der Waals surface area contributed by atoms with E-state index in [9.17, 15) is 4.79 Å². The smallest absolute Gasteiger partial charge is 0.237 e. The number of hydrogen-bond donors (Lipinski definition) is 0. The van der Waals surface area contributed by atoms with Crippen molar-refractivity contribution in [2.45, 2.75) is 37.9 Å². The van der Waals surface area contributed by atoms with Gasteiger partial charge in [-0.15, -0.1) is 0 Å². The Kier molecular flexibility index (Phi) is 5.46. The number of amides is 1. The van der Waals surface area contributed by atoms with Crippen LogP contribution in [0.5, 0.6) is 0 Å². The van der Waals surface area contributed by atoms with Gasteiger partial charge in [-0.2, -0.15) is 10.1 Å². The van der Waals surface area contributed by atoms with Crippen LogP contribution in [0.15, 0.2) is 65.8 Å². The number of carbonyl (C=O) groups excluding carboxylic acids is 1. The maximum absolute atomic E-state index is 13.3. The summed E-state index contributed by atoms with van der Waals surface area (Å²) in [7, 11) is 0. The minimum Gasteiger partial charge on any atom is -0.348 e. The number of anilines is 1. The van der Waals surface area contributed by atoms with E-state index in [1.165, 1.54) is 6.39 Å². The third-order valence-electron chi connectivity index (χ3n) is 7.78. The number of rotatable bonds is 5. The van der Waals surface area contributed by atoms with Crippen LogP contribution in [0.1, 0.15) is 24.1 Å². The van der Waals surface area contributed by atoms with Gasteiger partial charge < -0.3 is 14.3 Å². The van der Waals surface area contributed by atoms with Crippen LogP contribution in [0.25, 0.3) is 17.1 Å². The molecule has 2 fully saturated rings. The molecule has 4 aromatic rings. The predicted molar refractivity (Wildman–Crippen MR) is 136 cm³/mol. The molecule has 37 heavy (non-hydrogen) atoms. The summed E-state index contributed by atoms with van der Waals surface area (Å²) in [6.45, 7) is 3.57. The largest absolute Gasteiger partial charge is 0.348 e. The van der Waals surface area contributed by atoms with E-state index in [0.29, 0.717) is 31.0 Å². The zero-order chi connectivity index (χ0) is 24.8. The van der Waals surface area contributed by atoms with Crippen molar-refractivity contribution in [3.8, 4) is 17.1 Å². The van der Waals surface area contributed by atoms with Gasteiger partial charge in [-0.1, -0.05) is 23.4 Å². The second-order valence-electron chi connectivity index (χ2n) is 10.1. The zero-order valence-electron chi connectivity index (χ0n) is 20.5. The SMILES string of the molecule is O=C(CN1CC2CCC(C1)N2c1ccc(-c2ncon2)cn1)N1CCc2nn(-c3ccccc3)cc2C1. The Morgan fingerprint density at radius 3 is 2.59 bits per heavy atom. The lowest BCUT2D eigenvalue weighted by atomic mass is 10.1. The van der Waals surface area contributed by atoms with Crippen molar-refractivity contribution >= 4 is 11.7 Å². The first-order chi connectivity index (χ1) is 18.2. The van der Waals surface area contributed by atoms with Crippen LogP contribution in [-0.2, 0) is 17.8 Å². The molecule has 0 spiro atoms. The molecule has 0 aliphatic carbocycles. The molecule has 3 aliphatic rings. The summed E-state index contributed by atoms with van der Waals surface area (Å²) in [5.41, 5.74) is 4.12. The van der Waals surface area contributed by atoms with Crippen LogP contribution in [0, 0.1) is 0 Å². The number of pyridine rings is 1. The van der Waals surface area contributed by atoms with E-state index >= 15 is 0 Å². The molecular formula is C27H28N8O2. The molecule has 2 unspecified atom stereocenters. The van der Waals surface area contributed by atoms with Crippen LogP contribution in [0.4, 0.5) is 5.82 Å². The van der Waals surface area contributed by atoms with Crippen molar-refractivity contribution in [1.82, 2.24) is 34.7 Å². The number of carbonyl (C=O) groups is 1. The van der Waals surface area contributed by atoms with Gasteiger partial charge in [-0.05, 0) is 37.1 Å². The molecule has 7 rings (SSSR count). The lowest BCUT2D eigenvalue weighted by Gasteiger charge is -2.42. The van der Waals surface area contributed by atoms with Gasteiger partial charge in [-0.25, -0.2) is 9.67 Å². The fraction of sp³-hybridized carbons (Fsp3) is 0.370. The molecule has 3 aromatic heterocycles. The first-order valence-corrected chi connectivity index (χ1v) is 12.9. The summed E-state index contributed by atoms with van der Waals surface area (Å²) in [6.07, 6.45) is 8.24. The van der Waals surface area contributed by atoms with E-state index in [1.807, 2.05) is 52.0 Å². The lowest BCUT2D eigenvalue weighted by Crippen LogP contribution is -2.56. The Bertz CT molecular complexity index is 1370. The molecule has 10 heteroatoms. The first-order valence-electron chi connectivity index (χ1n) is 12.9. The Morgan fingerprint density at radius 2 is 1.86 bits per heavy atom. The average Bonchev–Trinajstić information content (AvgIpc) is 3.67. The quantitative estimate of drug-likeness (QED) is 0.416. The highest BCUT2D eigenvalue weighted by Gasteiger charge is 2.41. The molecule has 6 heterocycles. The fourth-order valence-electron chi connectivity index (χ4n) is 5.99. The standard InChI is InChI=1S/C27H28N8O2/c36-26(33-11-10-24-20(13-33)14-34(30-24)21-4-2-1-3-5-21)17-32-15-22-7-8-23(16-32)35(22)25-9-6-19(12-28-25)27-29-18-37-31-27/h1-6,9,12,14,18,22-23H,7-8,10-11,13,15-17H2. The molecule has 1 aromatic carbocycles. The summed E-state index contributed by atoms with van der Waals surface area (Å²) in [6, 6.07) is 14.9. The van der Waals surface area contributed by atoms with Crippen LogP contribution >= 0.6 is 0 Å². The van der Waals surface area contributed by atoms with E-state index in [1.54, 1.807) is 6.20 Å². The molecular weight excluding hydrogens is 468 g/mol. The van der Waals surface area contributed by atoms with Crippen molar-refractivity contribution < 1.29 is 9.32 Å². The Labute approximate surface area is 214 Å². The molecule has 10 nitrogen and oxygen atoms in total. The molecule has 2 saturated heterocycles. The van der Waals surface area contributed by atoms with Crippen LogP contribution in [0.2, 0.25) is 0 Å². The Balaban J connectivity index is 0.987. The van der Waals surface area contributed by atoms with E-state index in [4.69, 9.17) is 14.6 Å². The minimum absolute atomic E-state index is 0.202. The van der Waals surface area contributed by atoms with Crippen LogP contribution in [0.3, 0.4) is 0 Å². The highest BCUT2D eigenvalue weighted by atomic mass is 16.5. The number of piperazine rings is 1. The number of aromatic nitrogens is 5. The zero-order valence-corrected chi connectivity index (χ0v) is 20.5. The number of benzene rings is 1. The van der Waals surface area contributed by atoms with Gasteiger partial charge in [0.1, 0.15) is 5.82 Å². The fourth-order valence-corrected chi connectivity index (χ4v) is 5.99. The van der Waals surface area contributed by atoms with Crippen molar-refractivity contribution in [2.24, 2.45) is 0 Å². The van der Waals surface area contributed by atoms with Crippen molar-refractivity contribution in [3.63, 3.8) is 0 Å². The number of likely N-dealkylation sites (tertiary alicyclic amines) is 1. The summed E-state index contributed by atoms with van der Waals surface area (Å²) < 4.78 is 6.77. The van der Waals surface area contributed by atoms with E-state index in [-0.39, 0.29) is 5.91 Å². The van der Waals surface area contributed by atoms with E-state index in [2.05, 4.69) is 26.1 Å². The maximum Gasteiger partial charge on any atom is 0.237 e. The van der Waals surface area contributed by atoms with Crippen molar-refractivity contribution in [1.29, 1.82) is 0 Å². The van der Waals surface area contributed by atoms with Gasteiger partial charge in [0.25, 0.3) is 0 Å². The van der Waals surface area contributed by atoms with Gasteiger partial charge >= 0.3 is 0 Å². The van der Waals surface area contributed by atoms with E-state index in [0.717, 1.165) is 67.2 Å². The van der Waals surface area contributed by atoms with Gasteiger partial charge in [0.2, 0.25) is 18.1 Å². The van der Waals surface area contributed by atoms with Gasteiger partial charge in [0.15, 0.2) is 0 Å². The number of hydrogen-bond acceptors (Lipinski definition) is 8. The molecule has 2 atom stereocenters. The summed E-state index contributed by atoms with van der Waals surface area (Å²) in [5.74, 6) is 1.72. The highest BCUT2D eigenvalue weighted by molar-refractivity contribution is 5.78. The minimum atomic E-state index is 0.202. The maximum atomic E-state index is 13.3. The normalized spacial score (nSPS) is 21.3. The van der Waals surface area contributed by atoms with Crippen molar-refractivity contribution in [2.75, 3.05) is 31.1 Å². The van der Waals surface area contributed by atoms with Crippen molar-refractivity contribution in [3.05, 3.63) is 72.5 Å². The van der Waals surface area contributed by atoms with Crippen LogP contribution < -0.4 is 4.90 Å². The topological polar surface area (TPSA) is 96.4 Å². The Morgan fingerprint density at radius 1 is 1.03 bits per heavy atom. The van der Waals surface area contributed by atoms with Crippen LogP contribution in [-0.4, -0.2) is 78.9 Å². The van der Waals surface area contributed by atoms with Gasteiger partial charge in [0.05, 0.1) is 17.9 Å². The Hall–Kier alpha value is -4.05. The summed E-state index contributed by atoms with van der Waals surface area (Å²) in [4.78, 5) is 28.9. The van der Waals surface area contributed by atoms with Gasteiger partial charge in [-0.3, -0.25) is 9.69 Å². The van der Waals surface area contributed by atoms with E-state index < -0.39 is 0 Å². The number of para-hydroxylation sites is 1. The molecule has 188 valence electrons. The molecule has 0 saturated carbocycles.